The summed E-state index contributed by atoms with van der Waals surface area (Å²) in [6.07, 6.45) is 0. The molecular weight excluding hydrogens is 206 g/mol. The molecule has 0 atom stereocenters. The number of aromatic nitrogens is 3. The van der Waals surface area contributed by atoms with Gasteiger partial charge >= 0.3 is 0 Å². The largest absolute Gasteiger partial charge is 0.269 e. The molecule has 0 unspecified atom stereocenters. The Morgan fingerprint density at radius 2 is 2.08 bits per heavy atom. The summed E-state index contributed by atoms with van der Waals surface area (Å²) in [7, 11) is 0. The van der Waals surface area contributed by atoms with Crippen LogP contribution in [0.1, 0.15) is 11.4 Å². The maximum absolute atomic E-state index is 5.90. The highest BCUT2D eigenvalue weighted by atomic mass is 35.5. The molecule has 13 heavy (non-hydrogen) atoms. The Kier molecular flexibility index (Phi) is 2.09. The van der Waals surface area contributed by atoms with Crippen LogP contribution in [0.15, 0.2) is 10.8 Å². The van der Waals surface area contributed by atoms with Gasteiger partial charge in [0.05, 0.1) is 5.69 Å². The van der Waals surface area contributed by atoms with Gasteiger partial charge in [-0.2, -0.15) is 0 Å². The van der Waals surface area contributed by atoms with Gasteiger partial charge in [0.2, 0.25) is 5.28 Å². The Hall–Kier alpha value is -0.870. The summed E-state index contributed by atoms with van der Waals surface area (Å²) >= 11 is 7.55. The van der Waals surface area contributed by atoms with Gasteiger partial charge in [-0.1, -0.05) is 0 Å². The van der Waals surface area contributed by atoms with Crippen LogP contribution in [0.4, 0.5) is 0 Å². The smallest absolute Gasteiger partial charge is 0.229 e. The number of nitrogens with zero attached hydrogens (tertiary/aromatic N) is 3. The average Bonchev–Trinajstić information content (AvgIpc) is 2.60. The second-order valence-corrected chi connectivity index (χ2v) is 3.87. The fourth-order valence-corrected chi connectivity index (χ4v) is 2.26. The second kappa shape index (κ2) is 3.12. The molecule has 0 saturated heterocycles. The monoisotopic (exact) mass is 213 g/mol. The van der Waals surface area contributed by atoms with Gasteiger partial charge in [-0.3, -0.25) is 4.57 Å². The number of halogens is 1. The van der Waals surface area contributed by atoms with Crippen LogP contribution in [-0.4, -0.2) is 14.8 Å². The fourth-order valence-electron chi connectivity index (χ4n) is 1.19. The molecule has 0 aliphatic heterocycles. The van der Waals surface area contributed by atoms with Crippen LogP contribution in [0.25, 0.3) is 5.69 Å². The van der Waals surface area contributed by atoms with Gasteiger partial charge < -0.3 is 0 Å². The van der Waals surface area contributed by atoms with Gasteiger partial charge in [-0.15, -0.1) is 21.5 Å². The molecule has 0 saturated carbocycles. The van der Waals surface area contributed by atoms with E-state index >= 15 is 0 Å². The van der Waals surface area contributed by atoms with E-state index in [1.165, 1.54) is 5.56 Å². The van der Waals surface area contributed by atoms with Gasteiger partial charge in [0, 0.05) is 5.38 Å². The molecule has 0 radical (unpaired) electrons. The van der Waals surface area contributed by atoms with Crippen molar-refractivity contribution < 1.29 is 0 Å². The summed E-state index contributed by atoms with van der Waals surface area (Å²) in [6.45, 7) is 3.93. The van der Waals surface area contributed by atoms with E-state index in [2.05, 4.69) is 15.6 Å². The first-order chi connectivity index (χ1) is 6.20. The topological polar surface area (TPSA) is 30.7 Å². The first-order valence-corrected chi connectivity index (χ1v) is 5.13. The maximum atomic E-state index is 5.90. The zero-order chi connectivity index (χ0) is 9.42. The van der Waals surface area contributed by atoms with Crippen molar-refractivity contribution in [2.45, 2.75) is 13.8 Å². The van der Waals surface area contributed by atoms with Gasteiger partial charge in [0.1, 0.15) is 5.82 Å². The zero-order valence-corrected chi connectivity index (χ0v) is 8.85. The molecule has 2 heterocycles. The minimum Gasteiger partial charge on any atom is -0.269 e. The third kappa shape index (κ3) is 1.36. The number of thiophene rings is 1. The third-order valence-electron chi connectivity index (χ3n) is 1.85. The highest BCUT2D eigenvalue weighted by molar-refractivity contribution is 7.08. The predicted octanol–water partition coefficient (Wildman–Crippen LogP) is 2.60. The van der Waals surface area contributed by atoms with E-state index in [4.69, 9.17) is 11.6 Å². The van der Waals surface area contributed by atoms with E-state index in [1.807, 2.05) is 23.8 Å². The average molecular weight is 214 g/mol. The van der Waals surface area contributed by atoms with Crippen LogP contribution in [-0.2, 0) is 0 Å². The van der Waals surface area contributed by atoms with Crippen molar-refractivity contribution in [1.29, 1.82) is 0 Å². The maximum Gasteiger partial charge on any atom is 0.229 e. The first-order valence-electron chi connectivity index (χ1n) is 3.81. The number of hydrogen-bond acceptors (Lipinski definition) is 3. The first kappa shape index (κ1) is 8.72. The molecule has 5 heteroatoms. The van der Waals surface area contributed by atoms with Crippen LogP contribution in [0, 0.1) is 13.8 Å². The molecule has 0 bridgehead atoms. The van der Waals surface area contributed by atoms with E-state index in [0.29, 0.717) is 5.28 Å². The highest BCUT2D eigenvalue weighted by Crippen LogP contribution is 2.22. The number of hydrogen-bond donors (Lipinski definition) is 0. The second-order valence-electron chi connectivity index (χ2n) is 2.79. The van der Waals surface area contributed by atoms with Crippen LogP contribution in [0.2, 0.25) is 5.28 Å². The molecule has 2 aromatic heterocycles. The minimum atomic E-state index is 0.416. The van der Waals surface area contributed by atoms with Crippen LogP contribution < -0.4 is 0 Å². The lowest BCUT2D eigenvalue weighted by atomic mass is 10.3. The summed E-state index contributed by atoms with van der Waals surface area (Å²) in [6, 6.07) is 0. The molecule has 0 aliphatic carbocycles. The van der Waals surface area contributed by atoms with Crippen molar-refractivity contribution in [3.8, 4) is 5.69 Å². The lowest BCUT2D eigenvalue weighted by Crippen LogP contribution is -1.96. The van der Waals surface area contributed by atoms with E-state index in [-0.39, 0.29) is 0 Å². The Morgan fingerprint density at radius 1 is 1.31 bits per heavy atom. The SMILES string of the molecule is Cc1cscc1-n1c(C)nnc1Cl. The van der Waals surface area contributed by atoms with Crippen molar-refractivity contribution in [2.75, 3.05) is 0 Å². The summed E-state index contributed by atoms with van der Waals surface area (Å²) in [5.74, 6) is 0.812. The van der Waals surface area contributed by atoms with Crippen LogP contribution in [0.3, 0.4) is 0 Å². The lowest BCUT2D eigenvalue weighted by Gasteiger charge is -2.02. The molecule has 2 aromatic rings. The van der Waals surface area contributed by atoms with Crippen molar-refractivity contribution in [2.24, 2.45) is 0 Å². The molecule has 0 N–H and O–H groups in total. The van der Waals surface area contributed by atoms with Gasteiger partial charge in [-0.05, 0) is 36.4 Å². The molecule has 68 valence electrons. The highest BCUT2D eigenvalue weighted by Gasteiger charge is 2.10. The normalized spacial score (nSPS) is 10.7. The van der Waals surface area contributed by atoms with Crippen molar-refractivity contribution >= 4 is 22.9 Å². The standard InChI is InChI=1S/C8H8ClN3S/c1-5-3-13-4-7(5)12-6(2)10-11-8(12)9/h3-4H,1-2H3. The quantitative estimate of drug-likeness (QED) is 0.729. The zero-order valence-electron chi connectivity index (χ0n) is 7.28. The fraction of sp³-hybridized carbons (Fsp3) is 0.250. The summed E-state index contributed by atoms with van der Waals surface area (Å²) in [5, 5.41) is 12.2. The molecule has 3 nitrogen and oxygen atoms in total. The van der Waals surface area contributed by atoms with E-state index in [0.717, 1.165) is 11.5 Å². The van der Waals surface area contributed by atoms with Crippen molar-refractivity contribution in [1.82, 2.24) is 14.8 Å². The molecule has 0 aromatic carbocycles. The molecule has 0 aliphatic rings. The molecule has 0 spiro atoms. The summed E-state index contributed by atoms with van der Waals surface area (Å²) in [5.41, 5.74) is 2.26. The number of aryl methyl sites for hydroxylation is 2. The number of rotatable bonds is 1. The lowest BCUT2D eigenvalue weighted by molar-refractivity contribution is 0.967. The Bertz CT molecular complexity index is 413. The predicted molar refractivity (Wildman–Crippen MR) is 53.7 cm³/mol. The minimum absolute atomic E-state index is 0.416. The van der Waals surface area contributed by atoms with Crippen molar-refractivity contribution in [3.05, 3.63) is 27.4 Å². The summed E-state index contributed by atoms with van der Waals surface area (Å²) < 4.78 is 1.84. The van der Waals surface area contributed by atoms with Crippen LogP contribution >= 0.6 is 22.9 Å². The molecular formula is C8H8ClN3S. The Balaban J connectivity index is 2.64. The third-order valence-corrected chi connectivity index (χ3v) is 2.95. The molecule has 0 amide bonds. The van der Waals surface area contributed by atoms with E-state index in [9.17, 15) is 0 Å². The van der Waals surface area contributed by atoms with E-state index in [1.54, 1.807) is 11.3 Å². The Morgan fingerprint density at radius 3 is 2.54 bits per heavy atom. The summed E-state index contributed by atoms with van der Waals surface area (Å²) in [4.78, 5) is 0. The van der Waals surface area contributed by atoms with Gasteiger partial charge in [-0.25, -0.2) is 0 Å². The van der Waals surface area contributed by atoms with E-state index < -0.39 is 0 Å². The molecule has 2 rings (SSSR count). The van der Waals surface area contributed by atoms with Gasteiger partial charge in [0.15, 0.2) is 0 Å². The van der Waals surface area contributed by atoms with Crippen molar-refractivity contribution in [3.63, 3.8) is 0 Å². The van der Waals surface area contributed by atoms with Gasteiger partial charge in [0.25, 0.3) is 0 Å². The van der Waals surface area contributed by atoms with Crippen LogP contribution in [0.5, 0.6) is 0 Å². The molecule has 0 fully saturated rings. The Labute approximate surface area is 85.0 Å².